The van der Waals surface area contributed by atoms with E-state index < -0.39 is 0 Å². The molecule has 0 spiro atoms. The molecule has 0 bridgehead atoms. The molecule has 2 nitrogen and oxygen atoms in total. The van der Waals surface area contributed by atoms with Crippen molar-refractivity contribution in [3.8, 4) is 0 Å². The molecule has 0 aliphatic rings. The second kappa shape index (κ2) is 7.05. The first kappa shape index (κ1) is 13.7. The first-order valence-corrected chi connectivity index (χ1v) is 6.57. The lowest BCUT2D eigenvalue weighted by Gasteiger charge is -2.22. The van der Waals surface area contributed by atoms with Gasteiger partial charge in [-0.15, -0.1) is 0 Å². The fourth-order valence-corrected chi connectivity index (χ4v) is 2.20. The number of aryl methyl sites for hydroxylation is 1. The van der Waals surface area contributed by atoms with Gasteiger partial charge in [0.15, 0.2) is 0 Å². The Kier molecular flexibility index (Phi) is 6.03. The summed E-state index contributed by atoms with van der Waals surface area (Å²) < 4.78 is 11.0. The highest BCUT2D eigenvalue weighted by atomic mass is 79.9. The number of benzene rings is 1. The summed E-state index contributed by atoms with van der Waals surface area (Å²) >= 11 is 3.50. The van der Waals surface area contributed by atoms with Gasteiger partial charge in [-0.1, -0.05) is 40.2 Å². The number of methoxy groups -OCH3 is 1. The topological polar surface area (TPSA) is 18.5 Å². The third-order valence-corrected chi connectivity index (χ3v) is 3.06. The average Bonchev–Trinajstić information content (AvgIpc) is 2.27. The number of alkyl halides is 1. The summed E-state index contributed by atoms with van der Waals surface area (Å²) in [6, 6.07) is 8.31. The van der Waals surface area contributed by atoms with Crippen molar-refractivity contribution in [2.75, 3.05) is 19.0 Å². The highest BCUT2D eigenvalue weighted by Crippen LogP contribution is 2.24. The van der Waals surface area contributed by atoms with E-state index in [0.29, 0.717) is 6.61 Å². The number of halogens is 1. The van der Waals surface area contributed by atoms with Crippen LogP contribution in [0.25, 0.3) is 0 Å². The van der Waals surface area contributed by atoms with Gasteiger partial charge in [0.05, 0.1) is 18.8 Å². The van der Waals surface area contributed by atoms with Crippen LogP contribution >= 0.6 is 15.9 Å². The smallest absolute Gasteiger partial charge is 0.0928 e. The van der Waals surface area contributed by atoms with E-state index in [0.717, 1.165) is 5.33 Å². The second-order valence-electron chi connectivity index (χ2n) is 3.90. The largest absolute Gasteiger partial charge is 0.382 e. The Morgan fingerprint density at radius 1 is 1.31 bits per heavy atom. The SMILES string of the molecule is COCC(C)OC(CBr)c1ccccc1C. The van der Waals surface area contributed by atoms with Crippen LogP contribution in [-0.4, -0.2) is 25.2 Å². The Morgan fingerprint density at radius 3 is 2.56 bits per heavy atom. The van der Waals surface area contributed by atoms with Crippen molar-refractivity contribution in [2.45, 2.75) is 26.1 Å². The average molecular weight is 287 g/mol. The van der Waals surface area contributed by atoms with Gasteiger partial charge in [-0.05, 0) is 25.0 Å². The van der Waals surface area contributed by atoms with Gasteiger partial charge in [-0.3, -0.25) is 0 Å². The molecule has 1 rings (SSSR count). The first-order chi connectivity index (χ1) is 7.69. The van der Waals surface area contributed by atoms with Crippen LogP contribution in [0.2, 0.25) is 0 Å². The first-order valence-electron chi connectivity index (χ1n) is 5.45. The van der Waals surface area contributed by atoms with E-state index in [1.807, 2.05) is 19.1 Å². The maximum Gasteiger partial charge on any atom is 0.0928 e. The lowest BCUT2D eigenvalue weighted by molar-refractivity contribution is -0.0300. The molecule has 0 saturated heterocycles. The Labute approximate surface area is 106 Å². The molecule has 0 heterocycles. The van der Waals surface area contributed by atoms with Crippen molar-refractivity contribution in [2.24, 2.45) is 0 Å². The Morgan fingerprint density at radius 2 is 2.00 bits per heavy atom. The number of hydrogen-bond acceptors (Lipinski definition) is 2. The van der Waals surface area contributed by atoms with Crippen molar-refractivity contribution in [1.82, 2.24) is 0 Å². The summed E-state index contributed by atoms with van der Waals surface area (Å²) in [5.74, 6) is 0. The summed E-state index contributed by atoms with van der Waals surface area (Å²) in [7, 11) is 1.69. The molecule has 0 fully saturated rings. The molecule has 2 atom stereocenters. The van der Waals surface area contributed by atoms with Crippen LogP contribution in [0, 0.1) is 6.92 Å². The van der Waals surface area contributed by atoms with Gasteiger partial charge >= 0.3 is 0 Å². The Balaban J connectivity index is 2.71. The fraction of sp³-hybridized carbons (Fsp3) is 0.538. The quantitative estimate of drug-likeness (QED) is 0.746. The number of hydrogen-bond donors (Lipinski definition) is 0. The molecule has 0 N–H and O–H groups in total. The molecular weight excluding hydrogens is 268 g/mol. The molecule has 90 valence electrons. The van der Waals surface area contributed by atoms with E-state index in [9.17, 15) is 0 Å². The normalized spacial score (nSPS) is 14.8. The molecule has 0 aromatic heterocycles. The van der Waals surface area contributed by atoms with Gasteiger partial charge in [0.1, 0.15) is 0 Å². The summed E-state index contributed by atoms with van der Waals surface area (Å²) in [6.45, 7) is 4.75. The predicted molar refractivity (Wildman–Crippen MR) is 70.1 cm³/mol. The molecular formula is C13H19BrO2. The minimum Gasteiger partial charge on any atom is -0.382 e. The van der Waals surface area contributed by atoms with Crippen molar-refractivity contribution in [1.29, 1.82) is 0 Å². The zero-order valence-corrected chi connectivity index (χ0v) is 11.7. The molecule has 1 aromatic carbocycles. The second-order valence-corrected chi connectivity index (χ2v) is 4.55. The molecule has 1 aromatic rings. The molecule has 0 aliphatic carbocycles. The third kappa shape index (κ3) is 3.89. The predicted octanol–water partition coefficient (Wildman–Crippen LogP) is 3.48. The van der Waals surface area contributed by atoms with E-state index in [1.54, 1.807) is 7.11 Å². The van der Waals surface area contributed by atoms with E-state index in [2.05, 4.69) is 35.0 Å². The van der Waals surface area contributed by atoms with Crippen LogP contribution < -0.4 is 0 Å². The van der Waals surface area contributed by atoms with E-state index >= 15 is 0 Å². The van der Waals surface area contributed by atoms with E-state index in [-0.39, 0.29) is 12.2 Å². The van der Waals surface area contributed by atoms with Crippen molar-refractivity contribution < 1.29 is 9.47 Å². The molecule has 0 amide bonds. The van der Waals surface area contributed by atoms with Crippen LogP contribution in [0.15, 0.2) is 24.3 Å². The molecule has 3 heteroatoms. The number of ether oxygens (including phenoxy) is 2. The molecule has 0 radical (unpaired) electrons. The van der Waals surface area contributed by atoms with Gasteiger partial charge in [0.25, 0.3) is 0 Å². The van der Waals surface area contributed by atoms with Crippen LogP contribution in [-0.2, 0) is 9.47 Å². The van der Waals surface area contributed by atoms with Crippen LogP contribution in [0.5, 0.6) is 0 Å². The lowest BCUT2D eigenvalue weighted by atomic mass is 10.0. The van der Waals surface area contributed by atoms with Crippen LogP contribution in [0.1, 0.15) is 24.2 Å². The van der Waals surface area contributed by atoms with Gasteiger partial charge in [-0.25, -0.2) is 0 Å². The van der Waals surface area contributed by atoms with Gasteiger partial charge in [0.2, 0.25) is 0 Å². The van der Waals surface area contributed by atoms with E-state index in [4.69, 9.17) is 9.47 Å². The van der Waals surface area contributed by atoms with Crippen molar-refractivity contribution >= 4 is 15.9 Å². The highest BCUT2D eigenvalue weighted by Gasteiger charge is 2.15. The summed E-state index contributed by atoms with van der Waals surface area (Å²) in [6.07, 6.45) is 0.193. The zero-order valence-electron chi connectivity index (χ0n) is 10.1. The standard InChI is InChI=1S/C13H19BrO2/c1-10-6-4-5-7-12(10)13(8-14)16-11(2)9-15-3/h4-7,11,13H,8-9H2,1-3H3. The van der Waals surface area contributed by atoms with Gasteiger partial charge in [0, 0.05) is 12.4 Å². The lowest BCUT2D eigenvalue weighted by Crippen LogP contribution is -2.19. The van der Waals surface area contributed by atoms with Crippen molar-refractivity contribution in [3.05, 3.63) is 35.4 Å². The van der Waals surface area contributed by atoms with Gasteiger partial charge in [-0.2, -0.15) is 0 Å². The summed E-state index contributed by atoms with van der Waals surface area (Å²) in [5.41, 5.74) is 2.50. The van der Waals surface area contributed by atoms with Crippen LogP contribution in [0.4, 0.5) is 0 Å². The molecule has 2 unspecified atom stereocenters. The maximum absolute atomic E-state index is 5.94. The van der Waals surface area contributed by atoms with E-state index in [1.165, 1.54) is 11.1 Å². The van der Waals surface area contributed by atoms with Crippen LogP contribution in [0.3, 0.4) is 0 Å². The fourth-order valence-electron chi connectivity index (χ4n) is 1.70. The van der Waals surface area contributed by atoms with Gasteiger partial charge < -0.3 is 9.47 Å². The minimum atomic E-state index is 0.0892. The Hall–Kier alpha value is -0.380. The molecule has 0 saturated carbocycles. The third-order valence-electron chi connectivity index (χ3n) is 2.47. The summed E-state index contributed by atoms with van der Waals surface area (Å²) in [5, 5.41) is 0.798. The highest BCUT2D eigenvalue weighted by molar-refractivity contribution is 9.09. The minimum absolute atomic E-state index is 0.0892. The molecule has 16 heavy (non-hydrogen) atoms. The maximum atomic E-state index is 5.94. The Bertz CT molecular complexity index is 315. The van der Waals surface area contributed by atoms with Crippen molar-refractivity contribution in [3.63, 3.8) is 0 Å². The monoisotopic (exact) mass is 286 g/mol. The number of rotatable bonds is 6. The zero-order chi connectivity index (χ0) is 12.0. The summed E-state index contributed by atoms with van der Waals surface area (Å²) in [4.78, 5) is 0. The molecule has 0 aliphatic heterocycles.